The van der Waals surface area contributed by atoms with Gasteiger partial charge in [-0.15, -0.1) is 0 Å². The maximum absolute atomic E-state index is 13.0. The minimum absolute atomic E-state index is 0.000476. The molecular formula is C16H28N2O2. The van der Waals surface area contributed by atoms with Crippen LogP contribution in [-0.2, 0) is 9.59 Å². The number of fused-ring (bicyclic) bond motifs is 1. The van der Waals surface area contributed by atoms with Gasteiger partial charge in [0, 0.05) is 18.9 Å². The molecule has 2 saturated heterocycles. The van der Waals surface area contributed by atoms with E-state index < -0.39 is 0 Å². The molecule has 0 radical (unpaired) electrons. The van der Waals surface area contributed by atoms with Gasteiger partial charge in [-0.05, 0) is 30.6 Å². The van der Waals surface area contributed by atoms with Crippen LogP contribution in [0.3, 0.4) is 0 Å². The standard InChI is InChI=1S/C16H28N2O2/c1-11(2)12-8-9-14(19)17-10-6-7-13(16(3,4)5)18(17)15(12)20/h11-13H,6-10H2,1-5H3. The SMILES string of the molecule is CC(C)C1CCC(=O)N2CCCC(C(C)(C)C)N2C1=O. The van der Waals surface area contributed by atoms with Crippen molar-refractivity contribution in [3.8, 4) is 0 Å². The summed E-state index contributed by atoms with van der Waals surface area (Å²) in [4.78, 5) is 25.3. The zero-order valence-corrected chi connectivity index (χ0v) is 13.5. The number of carbonyl (C=O) groups excluding carboxylic acids is 2. The first-order valence-corrected chi connectivity index (χ1v) is 7.87. The smallest absolute Gasteiger partial charge is 0.244 e. The monoisotopic (exact) mass is 280 g/mol. The molecule has 0 aromatic rings. The number of amides is 2. The van der Waals surface area contributed by atoms with Crippen molar-refractivity contribution in [2.75, 3.05) is 6.54 Å². The van der Waals surface area contributed by atoms with Gasteiger partial charge in [-0.3, -0.25) is 14.6 Å². The van der Waals surface area contributed by atoms with Crippen LogP contribution in [0.2, 0.25) is 0 Å². The number of carbonyl (C=O) groups is 2. The van der Waals surface area contributed by atoms with E-state index in [9.17, 15) is 9.59 Å². The van der Waals surface area contributed by atoms with Gasteiger partial charge in [-0.25, -0.2) is 5.01 Å². The van der Waals surface area contributed by atoms with Crippen LogP contribution in [0.4, 0.5) is 0 Å². The van der Waals surface area contributed by atoms with Gasteiger partial charge in [0.1, 0.15) is 0 Å². The van der Waals surface area contributed by atoms with Crippen molar-refractivity contribution in [2.45, 2.75) is 66.3 Å². The molecular weight excluding hydrogens is 252 g/mol. The van der Waals surface area contributed by atoms with Gasteiger partial charge in [0.2, 0.25) is 11.8 Å². The zero-order valence-electron chi connectivity index (χ0n) is 13.5. The topological polar surface area (TPSA) is 40.6 Å². The molecule has 0 aromatic heterocycles. The largest absolute Gasteiger partial charge is 0.273 e. The van der Waals surface area contributed by atoms with E-state index in [1.54, 1.807) is 5.01 Å². The van der Waals surface area contributed by atoms with Crippen LogP contribution >= 0.6 is 0 Å². The summed E-state index contributed by atoms with van der Waals surface area (Å²) in [6.07, 6.45) is 3.18. The average Bonchev–Trinajstić information content (AvgIpc) is 2.47. The number of hydrazine groups is 1. The van der Waals surface area contributed by atoms with Crippen LogP contribution in [0.5, 0.6) is 0 Å². The van der Waals surface area contributed by atoms with E-state index in [0.29, 0.717) is 19.4 Å². The molecule has 20 heavy (non-hydrogen) atoms. The second-order valence-electron chi connectivity index (χ2n) is 7.61. The molecule has 4 nitrogen and oxygen atoms in total. The lowest BCUT2D eigenvalue weighted by atomic mass is 9.81. The quantitative estimate of drug-likeness (QED) is 0.741. The third kappa shape index (κ3) is 2.70. The normalized spacial score (nSPS) is 28.7. The van der Waals surface area contributed by atoms with Crippen LogP contribution in [0.15, 0.2) is 0 Å². The van der Waals surface area contributed by atoms with Crippen LogP contribution in [0.1, 0.15) is 60.3 Å². The Hall–Kier alpha value is -1.06. The van der Waals surface area contributed by atoms with Crippen LogP contribution < -0.4 is 0 Å². The number of hydrogen-bond donors (Lipinski definition) is 0. The molecule has 0 spiro atoms. The first kappa shape index (κ1) is 15.3. The molecule has 2 aliphatic rings. The number of nitrogens with zero attached hydrogens (tertiary/aromatic N) is 2. The highest BCUT2D eigenvalue weighted by Crippen LogP contribution is 2.37. The lowest BCUT2D eigenvalue weighted by Gasteiger charge is -2.49. The summed E-state index contributed by atoms with van der Waals surface area (Å²) in [6, 6.07) is 0.132. The van der Waals surface area contributed by atoms with E-state index in [0.717, 1.165) is 12.8 Å². The highest BCUT2D eigenvalue weighted by atomic mass is 16.2. The summed E-state index contributed by atoms with van der Waals surface area (Å²) in [5.74, 6) is 0.547. The molecule has 2 heterocycles. The predicted octanol–water partition coefficient (Wildman–Crippen LogP) is 2.83. The van der Waals surface area contributed by atoms with Gasteiger partial charge in [-0.2, -0.15) is 0 Å². The molecule has 2 rings (SSSR count). The highest BCUT2D eigenvalue weighted by molar-refractivity contribution is 5.86. The van der Waals surface area contributed by atoms with Crippen molar-refractivity contribution in [3.63, 3.8) is 0 Å². The maximum Gasteiger partial charge on any atom is 0.244 e. The van der Waals surface area contributed by atoms with Crippen molar-refractivity contribution in [2.24, 2.45) is 17.3 Å². The van der Waals surface area contributed by atoms with Crippen molar-refractivity contribution >= 4 is 11.8 Å². The molecule has 0 N–H and O–H groups in total. The molecule has 0 aromatic carbocycles. The van der Waals surface area contributed by atoms with Crippen molar-refractivity contribution in [1.29, 1.82) is 0 Å². The number of hydrogen-bond acceptors (Lipinski definition) is 2. The average molecular weight is 280 g/mol. The summed E-state index contributed by atoms with van der Waals surface area (Å²) in [6.45, 7) is 11.3. The Balaban J connectivity index is 2.38. The Labute approximate surface area is 122 Å². The summed E-state index contributed by atoms with van der Waals surface area (Å²) >= 11 is 0. The lowest BCUT2D eigenvalue weighted by molar-refractivity contribution is -0.181. The lowest BCUT2D eigenvalue weighted by Crippen LogP contribution is -2.61. The predicted molar refractivity (Wildman–Crippen MR) is 78.6 cm³/mol. The van der Waals surface area contributed by atoms with E-state index in [4.69, 9.17) is 0 Å². The third-order valence-corrected chi connectivity index (χ3v) is 4.71. The fourth-order valence-electron chi connectivity index (χ4n) is 3.47. The van der Waals surface area contributed by atoms with Gasteiger partial charge in [0.05, 0.1) is 6.04 Å². The first-order valence-electron chi connectivity index (χ1n) is 7.87. The fraction of sp³-hybridized carbons (Fsp3) is 0.875. The molecule has 2 atom stereocenters. The van der Waals surface area contributed by atoms with Gasteiger partial charge < -0.3 is 0 Å². The zero-order chi connectivity index (χ0) is 15.1. The van der Waals surface area contributed by atoms with Crippen LogP contribution in [-0.4, -0.2) is 34.4 Å². The summed E-state index contributed by atoms with van der Waals surface area (Å²) in [5, 5.41) is 3.56. The molecule has 2 unspecified atom stereocenters. The molecule has 2 fully saturated rings. The molecule has 0 aliphatic carbocycles. The van der Waals surface area contributed by atoms with E-state index in [1.165, 1.54) is 0 Å². The molecule has 2 amide bonds. The van der Waals surface area contributed by atoms with Crippen molar-refractivity contribution in [3.05, 3.63) is 0 Å². The first-order chi connectivity index (χ1) is 9.23. The van der Waals surface area contributed by atoms with E-state index in [2.05, 4.69) is 34.6 Å². The molecule has 114 valence electrons. The van der Waals surface area contributed by atoms with Gasteiger partial charge in [0.25, 0.3) is 0 Å². The summed E-state index contributed by atoms with van der Waals surface area (Å²) < 4.78 is 0. The minimum Gasteiger partial charge on any atom is -0.273 e. The highest BCUT2D eigenvalue weighted by Gasteiger charge is 2.45. The summed E-state index contributed by atoms with van der Waals surface area (Å²) in [7, 11) is 0. The van der Waals surface area contributed by atoms with Crippen LogP contribution in [0.25, 0.3) is 0 Å². The molecule has 2 aliphatic heterocycles. The summed E-state index contributed by atoms with van der Waals surface area (Å²) in [5.41, 5.74) is 0.000476. The molecule has 4 heteroatoms. The van der Waals surface area contributed by atoms with Crippen LogP contribution in [0, 0.1) is 17.3 Å². The fourth-order valence-corrected chi connectivity index (χ4v) is 3.47. The third-order valence-electron chi connectivity index (χ3n) is 4.71. The van der Waals surface area contributed by atoms with E-state index in [1.807, 2.05) is 5.01 Å². The van der Waals surface area contributed by atoms with Crippen molar-refractivity contribution in [1.82, 2.24) is 10.0 Å². The second kappa shape index (κ2) is 5.38. The molecule has 0 bridgehead atoms. The van der Waals surface area contributed by atoms with Crippen molar-refractivity contribution < 1.29 is 9.59 Å². The Morgan fingerprint density at radius 2 is 1.80 bits per heavy atom. The molecule has 0 saturated carbocycles. The van der Waals surface area contributed by atoms with Gasteiger partial charge >= 0.3 is 0 Å². The maximum atomic E-state index is 13.0. The minimum atomic E-state index is -0.0214. The van der Waals surface area contributed by atoms with Gasteiger partial charge in [0.15, 0.2) is 0 Å². The van der Waals surface area contributed by atoms with Gasteiger partial charge in [-0.1, -0.05) is 34.6 Å². The Morgan fingerprint density at radius 3 is 2.35 bits per heavy atom. The number of rotatable bonds is 1. The Kier molecular flexibility index (Phi) is 4.12. The Bertz CT molecular complexity index is 398. The second-order valence-corrected chi connectivity index (χ2v) is 7.61. The Morgan fingerprint density at radius 1 is 1.15 bits per heavy atom. The van der Waals surface area contributed by atoms with E-state index >= 15 is 0 Å². The van der Waals surface area contributed by atoms with E-state index in [-0.39, 0.29) is 35.1 Å².